The minimum Gasteiger partial charge on any atom is -0.492 e. The van der Waals surface area contributed by atoms with E-state index in [2.05, 4.69) is 46.7 Å². The maximum atomic E-state index is 5.67. The predicted octanol–water partition coefficient (Wildman–Crippen LogP) is 3.66. The van der Waals surface area contributed by atoms with E-state index in [-0.39, 0.29) is 0 Å². The molecule has 1 heterocycles. The van der Waals surface area contributed by atoms with E-state index in [1.807, 2.05) is 31.2 Å². The monoisotopic (exact) mass is 326 g/mol. The Morgan fingerprint density at radius 3 is 2.83 bits per heavy atom. The Balaban J connectivity index is 1.83. The zero-order valence-corrected chi connectivity index (χ0v) is 14.0. The quantitative estimate of drug-likeness (QED) is 0.647. The van der Waals surface area contributed by atoms with Crippen molar-refractivity contribution in [1.82, 2.24) is 20.2 Å². The first-order valence-electron chi connectivity index (χ1n) is 7.47. The molecule has 0 aliphatic heterocycles. The second kappa shape index (κ2) is 7.28. The van der Waals surface area contributed by atoms with Gasteiger partial charge < -0.3 is 4.74 Å². The van der Waals surface area contributed by atoms with Crippen LogP contribution >= 0.6 is 11.8 Å². The number of benzene rings is 2. The number of para-hydroxylation sites is 2. The first-order valence-corrected chi connectivity index (χ1v) is 8.45. The van der Waals surface area contributed by atoms with E-state index in [1.165, 1.54) is 11.1 Å². The summed E-state index contributed by atoms with van der Waals surface area (Å²) in [6.07, 6.45) is 0. The summed E-state index contributed by atoms with van der Waals surface area (Å²) in [5, 5.41) is 12.8. The van der Waals surface area contributed by atoms with Crippen LogP contribution in [-0.4, -0.2) is 26.8 Å². The molecule has 0 radical (unpaired) electrons. The second-order valence-electron chi connectivity index (χ2n) is 5.05. The number of aromatic nitrogens is 4. The highest BCUT2D eigenvalue weighted by Gasteiger charge is 2.13. The summed E-state index contributed by atoms with van der Waals surface area (Å²) in [5.74, 6) is 1.60. The van der Waals surface area contributed by atoms with Gasteiger partial charge in [-0.1, -0.05) is 53.7 Å². The Kier molecular flexibility index (Phi) is 4.92. The Hall–Kier alpha value is -2.34. The largest absolute Gasteiger partial charge is 0.492 e. The summed E-state index contributed by atoms with van der Waals surface area (Å²) in [5.41, 5.74) is 3.36. The molecule has 118 valence electrons. The third-order valence-electron chi connectivity index (χ3n) is 3.28. The SMILES string of the molecule is CCOc1ccccc1-n1nnnc1SCc1cccc(C)c1. The summed E-state index contributed by atoms with van der Waals surface area (Å²) in [6.45, 7) is 4.66. The Morgan fingerprint density at radius 2 is 2.00 bits per heavy atom. The van der Waals surface area contributed by atoms with Crippen molar-refractivity contribution < 1.29 is 4.74 Å². The molecule has 0 spiro atoms. The van der Waals surface area contributed by atoms with Gasteiger partial charge in [-0.05, 0) is 42.0 Å². The van der Waals surface area contributed by atoms with E-state index in [0.717, 1.165) is 22.3 Å². The smallest absolute Gasteiger partial charge is 0.214 e. The van der Waals surface area contributed by atoms with Crippen LogP contribution in [0.1, 0.15) is 18.1 Å². The molecular formula is C17H18N4OS. The molecule has 3 rings (SSSR count). The molecule has 0 unspecified atom stereocenters. The molecule has 23 heavy (non-hydrogen) atoms. The van der Waals surface area contributed by atoms with Crippen molar-refractivity contribution in [2.75, 3.05) is 6.61 Å². The number of rotatable bonds is 6. The maximum Gasteiger partial charge on any atom is 0.214 e. The molecule has 0 atom stereocenters. The number of ether oxygens (including phenoxy) is 1. The Bertz CT molecular complexity index is 788. The van der Waals surface area contributed by atoms with E-state index in [4.69, 9.17) is 4.74 Å². The van der Waals surface area contributed by atoms with Gasteiger partial charge in [-0.3, -0.25) is 0 Å². The van der Waals surface area contributed by atoms with Gasteiger partial charge in [0.25, 0.3) is 0 Å². The van der Waals surface area contributed by atoms with Crippen molar-refractivity contribution in [1.29, 1.82) is 0 Å². The number of thioether (sulfide) groups is 1. The lowest BCUT2D eigenvalue weighted by molar-refractivity contribution is 0.337. The number of nitrogens with zero attached hydrogens (tertiary/aromatic N) is 4. The van der Waals surface area contributed by atoms with Gasteiger partial charge in [0.2, 0.25) is 5.16 Å². The average molecular weight is 326 g/mol. The molecule has 0 amide bonds. The fourth-order valence-corrected chi connectivity index (χ4v) is 3.11. The Morgan fingerprint density at radius 1 is 1.13 bits per heavy atom. The number of aryl methyl sites for hydroxylation is 1. The van der Waals surface area contributed by atoms with Gasteiger partial charge in [0.1, 0.15) is 11.4 Å². The topological polar surface area (TPSA) is 52.8 Å². The van der Waals surface area contributed by atoms with Crippen molar-refractivity contribution in [2.24, 2.45) is 0 Å². The first-order chi connectivity index (χ1) is 11.3. The van der Waals surface area contributed by atoms with Crippen molar-refractivity contribution in [3.8, 4) is 11.4 Å². The zero-order chi connectivity index (χ0) is 16.1. The molecule has 1 aromatic heterocycles. The standard InChI is InChI=1S/C17H18N4OS/c1-3-22-16-10-5-4-9-15(16)21-17(18-19-20-21)23-12-14-8-6-7-13(2)11-14/h4-11H,3,12H2,1-2H3. The number of hydrogen-bond donors (Lipinski definition) is 0. The highest BCUT2D eigenvalue weighted by atomic mass is 32.2. The van der Waals surface area contributed by atoms with Gasteiger partial charge >= 0.3 is 0 Å². The summed E-state index contributed by atoms with van der Waals surface area (Å²) >= 11 is 1.61. The summed E-state index contributed by atoms with van der Waals surface area (Å²) < 4.78 is 7.40. The van der Waals surface area contributed by atoms with Crippen molar-refractivity contribution in [3.05, 3.63) is 59.7 Å². The summed E-state index contributed by atoms with van der Waals surface area (Å²) in [4.78, 5) is 0. The van der Waals surface area contributed by atoms with E-state index < -0.39 is 0 Å². The van der Waals surface area contributed by atoms with Crippen LogP contribution in [0.3, 0.4) is 0 Å². The molecule has 5 nitrogen and oxygen atoms in total. The average Bonchev–Trinajstić information content (AvgIpc) is 3.02. The van der Waals surface area contributed by atoms with Crippen molar-refractivity contribution >= 4 is 11.8 Å². The number of tetrazole rings is 1. The molecule has 0 aliphatic carbocycles. The zero-order valence-electron chi connectivity index (χ0n) is 13.1. The molecule has 0 bridgehead atoms. The second-order valence-corrected chi connectivity index (χ2v) is 5.99. The minimum absolute atomic E-state index is 0.602. The molecular weight excluding hydrogens is 308 g/mol. The minimum atomic E-state index is 0.602. The van der Waals surface area contributed by atoms with Gasteiger partial charge in [0, 0.05) is 5.75 Å². The lowest BCUT2D eigenvalue weighted by atomic mass is 10.2. The molecule has 0 saturated carbocycles. The van der Waals surface area contributed by atoms with Crippen molar-refractivity contribution in [3.63, 3.8) is 0 Å². The van der Waals surface area contributed by atoms with E-state index in [0.29, 0.717) is 6.61 Å². The third kappa shape index (κ3) is 3.71. The molecule has 0 fully saturated rings. The van der Waals surface area contributed by atoms with Crippen LogP contribution in [0.25, 0.3) is 5.69 Å². The molecule has 2 aromatic carbocycles. The van der Waals surface area contributed by atoms with E-state index >= 15 is 0 Å². The van der Waals surface area contributed by atoms with Crippen LogP contribution in [0.4, 0.5) is 0 Å². The van der Waals surface area contributed by atoms with Crippen LogP contribution in [-0.2, 0) is 5.75 Å². The predicted molar refractivity (Wildman–Crippen MR) is 91.1 cm³/mol. The van der Waals surface area contributed by atoms with Gasteiger partial charge in [0.05, 0.1) is 6.61 Å². The fourth-order valence-electron chi connectivity index (χ4n) is 2.28. The third-order valence-corrected chi connectivity index (χ3v) is 4.28. The molecule has 0 aliphatic rings. The highest BCUT2D eigenvalue weighted by molar-refractivity contribution is 7.98. The van der Waals surface area contributed by atoms with Crippen LogP contribution < -0.4 is 4.74 Å². The maximum absolute atomic E-state index is 5.67. The molecule has 6 heteroatoms. The lowest BCUT2D eigenvalue weighted by Gasteiger charge is -2.10. The summed E-state index contributed by atoms with van der Waals surface area (Å²) in [7, 11) is 0. The van der Waals surface area contributed by atoms with Gasteiger partial charge in [-0.25, -0.2) is 0 Å². The lowest BCUT2D eigenvalue weighted by Crippen LogP contribution is -2.03. The summed E-state index contributed by atoms with van der Waals surface area (Å²) in [6, 6.07) is 16.2. The fraction of sp³-hybridized carbons (Fsp3) is 0.235. The van der Waals surface area contributed by atoms with Gasteiger partial charge in [-0.2, -0.15) is 4.68 Å². The van der Waals surface area contributed by atoms with Crippen LogP contribution in [0.15, 0.2) is 53.7 Å². The van der Waals surface area contributed by atoms with Gasteiger partial charge in [0.15, 0.2) is 0 Å². The van der Waals surface area contributed by atoms with Crippen LogP contribution in [0.2, 0.25) is 0 Å². The molecule has 0 saturated heterocycles. The van der Waals surface area contributed by atoms with E-state index in [9.17, 15) is 0 Å². The molecule has 0 N–H and O–H groups in total. The van der Waals surface area contributed by atoms with Crippen LogP contribution in [0, 0.1) is 6.92 Å². The van der Waals surface area contributed by atoms with Crippen molar-refractivity contribution in [2.45, 2.75) is 24.8 Å². The highest BCUT2D eigenvalue weighted by Crippen LogP contribution is 2.27. The number of hydrogen-bond acceptors (Lipinski definition) is 5. The Labute approximate surface area is 139 Å². The van der Waals surface area contributed by atoms with E-state index in [1.54, 1.807) is 16.4 Å². The normalized spacial score (nSPS) is 10.7. The van der Waals surface area contributed by atoms with Gasteiger partial charge in [-0.15, -0.1) is 5.10 Å². The first kappa shape index (κ1) is 15.6. The van der Waals surface area contributed by atoms with Crippen LogP contribution in [0.5, 0.6) is 5.75 Å². The molecule has 3 aromatic rings.